The second kappa shape index (κ2) is 9.42. The van der Waals surface area contributed by atoms with Crippen LogP contribution in [0.4, 0.5) is 21.6 Å². The zero-order valence-corrected chi connectivity index (χ0v) is 23.1. The third-order valence-corrected chi connectivity index (χ3v) is 7.56. The number of benzene rings is 2. The first-order chi connectivity index (χ1) is 18.3. The zero-order chi connectivity index (χ0) is 28.4. The Morgan fingerprint density at radius 3 is 2.36 bits per heavy atom. The number of pyridine rings is 1. The van der Waals surface area contributed by atoms with Gasteiger partial charge in [-0.2, -0.15) is 0 Å². The number of aromatic nitrogens is 3. The van der Waals surface area contributed by atoms with E-state index in [1.165, 1.54) is 53.4 Å². The molecular formula is C25H24BClFN5O5S. The van der Waals surface area contributed by atoms with E-state index in [1.807, 2.05) is 0 Å². The molecule has 1 fully saturated rings. The highest BCUT2D eigenvalue weighted by atomic mass is 35.5. The third kappa shape index (κ3) is 4.76. The Balaban J connectivity index is 1.91. The van der Waals surface area contributed by atoms with Crippen LogP contribution in [0.1, 0.15) is 24.4 Å². The Morgan fingerprint density at radius 1 is 1.05 bits per heavy atom. The average molecular weight is 572 g/mol. The Morgan fingerprint density at radius 2 is 1.74 bits per heavy atom. The zero-order valence-electron chi connectivity index (χ0n) is 21.5. The van der Waals surface area contributed by atoms with Crippen LogP contribution < -0.4 is 32.3 Å². The van der Waals surface area contributed by atoms with Gasteiger partial charge in [0.1, 0.15) is 24.9 Å². The van der Waals surface area contributed by atoms with Crippen molar-refractivity contribution >= 4 is 63.0 Å². The Bertz CT molecular complexity index is 1980. The minimum Gasteiger partial charge on any atom is -0.338 e. The lowest BCUT2D eigenvalue weighted by Crippen LogP contribution is -2.41. The summed E-state index contributed by atoms with van der Waals surface area (Å²) in [5.41, 5.74) is -0.773. The highest BCUT2D eigenvalue weighted by molar-refractivity contribution is 7.92. The molecule has 0 unspecified atom stereocenters. The molecule has 2 N–H and O–H groups in total. The van der Waals surface area contributed by atoms with E-state index in [0.29, 0.717) is 18.3 Å². The molecule has 0 aliphatic heterocycles. The third-order valence-electron chi connectivity index (χ3n) is 6.64. The van der Waals surface area contributed by atoms with Crippen molar-refractivity contribution in [1.82, 2.24) is 13.7 Å². The molecule has 0 amide bonds. The summed E-state index contributed by atoms with van der Waals surface area (Å²) in [4.78, 5) is 41.1. The number of hydrogen-bond acceptors (Lipinski definition) is 6. The van der Waals surface area contributed by atoms with Gasteiger partial charge in [0.25, 0.3) is 11.1 Å². The first-order valence-corrected chi connectivity index (χ1v) is 14.3. The van der Waals surface area contributed by atoms with Gasteiger partial charge in [-0.15, -0.1) is 0 Å². The summed E-state index contributed by atoms with van der Waals surface area (Å²) in [6.07, 6.45) is 2.19. The molecule has 0 spiro atoms. The fourth-order valence-electron chi connectivity index (χ4n) is 4.63. The number of fused-ring (bicyclic) bond motifs is 1. The molecule has 2 aromatic carbocycles. The first kappa shape index (κ1) is 26.8. The second-order valence-corrected chi connectivity index (χ2v) is 11.9. The summed E-state index contributed by atoms with van der Waals surface area (Å²) >= 11 is 6.22. The monoisotopic (exact) mass is 571 g/mol. The lowest BCUT2D eigenvalue weighted by Gasteiger charge is -2.21. The normalized spacial score (nSPS) is 13.6. The molecule has 2 aromatic heterocycles. The largest absolute Gasteiger partial charge is 0.338 e. The lowest BCUT2D eigenvalue weighted by molar-refractivity contribution is 0.607. The van der Waals surface area contributed by atoms with E-state index in [1.54, 1.807) is 13.9 Å². The van der Waals surface area contributed by atoms with E-state index < -0.39 is 32.6 Å². The van der Waals surface area contributed by atoms with Gasteiger partial charge in [-0.05, 0) is 50.1 Å². The van der Waals surface area contributed by atoms with Crippen molar-refractivity contribution in [3.05, 3.63) is 84.0 Å². The minimum absolute atomic E-state index is 0.00801. The van der Waals surface area contributed by atoms with Crippen LogP contribution in [0.2, 0.25) is 5.02 Å². The first-order valence-electron chi connectivity index (χ1n) is 12.0. The Kier molecular flexibility index (Phi) is 6.46. The molecule has 5 rings (SSSR count). The molecule has 1 aliphatic rings. The molecule has 1 aliphatic carbocycles. The van der Waals surface area contributed by atoms with E-state index in [-0.39, 0.29) is 50.4 Å². The van der Waals surface area contributed by atoms with Gasteiger partial charge in [0.15, 0.2) is 0 Å². The molecular weight excluding hydrogens is 548 g/mol. The molecule has 0 bridgehead atoms. The number of halogens is 2. The van der Waals surface area contributed by atoms with Crippen LogP contribution >= 0.6 is 11.6 Å². The molecule has 2 heterocycles. The summed E-state index contributed by atoms with van der Waals surface area (Å²) in [5.74, 6) is -0.568. The summed E-state index contributed by atoms with van der Waals surface area (Å²) < 4.78 is 44.5. The van der Waals surface area contributed by atoms with Gasteiger partial charge in [-0.25, -0.2) is 17.6 Å². The lowest BCUT2D eigenvalue weighted by atomic mass is 9.96. The fourth-order valence-corrected chi connectivity index (χ4v) is 5.42. The molecule has 14 heteroatoms. The van der Waals surface area contributed by atoms with Crippen LogP contribution in [-0.2, 0) is 17.1 Å². The predicted molar refractivity (Wildman–Crippen MR) is 153 cm³/mol. The Labute approximate surface area is 228 Å². The van der Waals surface area contributed by atoms with Crippen LogP contribution in [0.15, 0.2) is 50.8 Å². The number of aryl methyl sites for hydroxylation is 1. The maximum absolute atomic E-state index is 14.8. The van der Waals surface area contributed by atoms with E-state index >= 15 is 0 Å². The molecule has 1 saturated carbocycles. The van der Waals surface area contributed by atoms with Crippen molar-refractivity contribution in [3.63, 3.8) is 0 Å². The predicted octanol–water partition coefficient (Wildman–Crippen LogP) is 1.66. The Hall–Kier alpha value is -3.84. The number of rotatable bonds is 6. The van der Waals surface area contributed by atoms with Crippen molar-refractivity contribution in [2.75, 3.05) is 16.3 Å². The highest BCUT2D eigenvalue weighted by Gasteiger charge is 2.31. The molecule has 0 saturated heterocycles. The summed E-state index contributed by atoms with van der Waals surface area (Å²) in [6.45, 7) is 1.49. The minimum atomic E-state index is -3.71. The number of nitrogens with zero attached hydrogens (tertiary/aromatic N) is 3. The van der Waals surface area contributed by atoms with Gasteiger partial charge >= 0.3 is 5.69 Å². The number of sulfonamides is 1. The van der Waals surface area contributed by atoms with Gasteiger partial charge in [0.05, 0.1) is 33.9 Å². The molecule has 202 valence electrons. The summed E-state index contributed by atoms with van der Waals surface area (Å²) in [6, 6.07) is 8.41. The van der Waals surface area contributed by atoms with Gasteiger partial charge in [-0.3, -0.25) is 28.0 Å². The molecule has 0 radical (unpaired) electrons. The topological polar surface area (TPSA) is 124 Å². The quantitative estimate of drug-likeness (QED) is 0.339. The average Bonchev–Trinajstić information content (AvgIpc) is 3.68. The maximum atomic E-state index is 14.8. The number of anilines is 3. The van der Waals surface area contributed by atoms with Crippen molar-refractivity contribution < 1.29 is 12.8 Å². The van der Waals surface area contributed by atoms with Gasteiger partial charge in [0.2, 0.25) is 10.0 Å². The second-order valence-electron chi connectivity index (χ2n) is 9.73. The highest BCUT2D eigenvalue weighted by Crippen LogP contribution is 2.34. The van der Waals surface area contributed by atoms with E-state index in [0.717, 1.165) is 10.8 Å². The van der Waals surface area contributed by atoms with Crippen LogP contribution in [0, 0.1) is 12.7 Å². The standard InChI is InChI=1S/C25H24BClFN5O5S/c1-12-21-20(22(31(2)23(12)34)29-18-9-4-13(26)10-17(18)28)24(35)33(14-5-6-14)25(36)32(21)15-7-8-16(27)19(11-15)30-39(3,37)38/h4,7-11,14,29-30H,5-6,26H2,1-3H3. The van der Waals surface area contributed by atoms with Crippen LogP contribution in [-0.4, -0.2) is 36.2 Å². The van der Waals surface area contributed by atoms with Crippen LogP contribution in [0.5, 0.6) is 0 Å². The summed E-state index contributed by atoms with van der Waals surface area (Å²) in [5, 5.41) is 3.00. The maximum Gasteiger partial charge on any atom is 0.336 e. The smallest absolute Gasteiger partial charge is 0.336 e. The summed E-state index contributed by atoms with van der Waals surface area (Å²) in [7, 11) is -0.528. The van der Waals surface area contributed by atoms with Crippen molar-refractivity contribution in [3.8, 4) is 5.69 Å². The van der Waals surface area contributed by atoms with E-state index in [4.69, 9.17) is 11.6 Å². The number of nitrogens with one attached hydrogen (secondary N) is 2. The van der Waals surface area contributed by atoms with Crippen molar-refractivity contribution in [1.29, 1.82) is 0 Å². The van der Waals surface area contributed by atoms with E-state index in [2.05, 4.69) is 10.0 Å². The van der Waals surface area contributed by atoms with Crippen LogP contribution in [0.3, 0.4) is 0 Å². The van der Waals surface area contributed by atoms with Gasteiger partial charge in [0, 0.05) is 18.7 Å². The molecule has 0 atom stereocenters. The number of hydrogen-bond donors (Lipinski definition) is 2. The molecule has 4 aromatic rings. The molecule has 39 heavy (non-hydrogen) atoms. The van der Waals surface area contributed by atoms with Crippen molar-refractivity contribution in [2.24, 2.45) is 7.05 Å². The van der Waals surface area contributed by atoms with Crippen LogP contribution in [0.25, 0.3) is 16.6 Å². The van der Waals surface area contributed by atoms with Gasteiger partial charge < -0.3 is 5.32 Å². The van der Waals surface area contributed by atoms with Gasteiger partial charge in [-0.1, -0.05) is 23.1 Å². The van der Waals surface area contributed by atoms with E-state index in [9.17, 15) is 27.2 Å². The molecule has 10 nitrogen and oxygen atoms in total. The SMILES string of the molecule is Bc1ccc(Nc2c3c(=O)n(C4CC4)c(=O)n(-c4ccc(Cl)c(NS(C)(=O)=O)c4)c3c(C)c(=O)n2C)c(F)c1. The van der Waals surface area contributed by atoms with Crippen molar-refractivity contribution in [2.45, 2.75) is 25.8 Å². The fraction of sp³-hybridized carbons (Fsp3) is 0.240.